The third-order valence-corrected chi connectivity index (χ3v) is 5.31. The van der Waals surface area contributed by atoms with Gasteiger partial charge in [-0.05, 0) is 29.5 Å². The van der Waals surface area contributed by atoms with Gasteiger partial charge in [0.2, 0.25) is 5.91 Å². The molecule has 0 aliphatic heterocycles. The summed E-state index contributed by atoms with van der Waals surface area (Å²) in [4.78, 5) is 25.7. The van der Waals surface area contributed by atoms with Gasteiger partial charge in [0.05, 0.1) is 25.5 Å². The summed E-state index contributed by atoms with van der Waals surface area (Å²) in [6.07, 6.45) is 2.06. The Morgan fingerprint density at radius 3 is 2.21 bits per heavy atom. The first-order valence-electron chi connectivity index (χ1n) is 8.78. The van der Waals surface area contributed by atoms with E-state index in [2.05, 4.69) is 5.32 Å². The minimum atomic E-state index is -0.466. The lowest BCUT2D eigenvalue weighted by Crippen LogP contribution is -2.38. The number of thioether (sulfide) groups is 1. The Morgan fingerprint density at radius 2 is 1.68 bits per heavy atom. The molecule has 3 unspecified atom stereocenters. The fourth-order valence-electron chi connectivity index (χ4n) is 2.77. The molecule has 2 rings (SSSR count). The van der Waals surface area contributed by atoms with Crippen LogP contribution in [0, 0.1) is 5.92 Å². The van der Waals surface area contributed by atoms with Gasteiger partial charge in [0.15, 0.2) is 0 Å². The molecule has 0 aliphatic carbocycles. The Hall–Kier alpha value is -2.02. The standard InChI is InChI=1S/C21H26N2O3S.ClH/c1-14(20(22)16-7-5-4-6-8-16)21(25)23-18(13-19(24)26-2)15-9-11-17(27-3)12-10-15;/h4-12,14,18,20H,13,22H2,1-3H3,(H,23,25);1H. The first-order valence-corrected chi connectivity index (χ1v) is 10.0. The molecule has 3 atom stereocenters. The molecule has 5 nitrogen and oxygen atoms in total. The van der Waals surface area contributed by atoms with Gasteiger partial charge in [-0.3, -0.25) is 9.59 Å². The molecule has 0 aliphatic rings. The zero-order valence-corrected chi connectivity index (χ0v) is 17.9. The van der Waals surface area contributed by atoms with Crippen molar-refractivity contribution in [2.24, 2.45) is 11.7 Å². The van der Waals surface area contributed by atoms with Crippen molar-refractivity contribution in [1.82, 2.24) is 5.32 Å². The fourth-order valence-corrected chi connectivity index (χ4v) is 3.18. The highest BCUT2D eigenvalue weighted by Gasteiger charge is 2.26. The van der Waals surface area contributed by atoms with Crippen molar-refractivity contribution in [2.45, 2.75) is 30.3 Å². The number of amides is 1. The molecule has 152 valence electrons. The summed E-state index contributed by atoms with van der Waals surface area (Å²) in [6, 6.07) is 16.4. The summed E-state index contributed by atoms with van der Waals surface area (Å²) in [6.45, 7) is 1.79. The van der Waals surface area contributed by atoms with Crippen molar-refractivity contribution in [3.05, 3.63) is 65.7 Å². The number of benzene rings is 2. The van der Waals surface area contributed by atoms with Crippen LogP contribution in [0.25, 0.3) is 0 Å². The number of ether oxygens (including phenoxy) is 1. The zero-order chi connectivity index (χ0) is 19.8. The minimum Gasteiger partial charge on any atom is -0.469 e. The van der Waals surface area contributed by atoms with Crippen LogP contribution in [0.3, 0.4) is 0 Å². The van der Waals surface area contributed by atoms with Gasteiger partial charge in [0.1, 0.15) is 0 Å². The van der Waals surface area contributed by atoms with Crippen LogP contribution < -0.4 is 11.1 Å². The smallest absolute Gasteiger partial charge is 0.307 e. The third-order valence-electron chi connectivity index (χ3n) is 4.57. The largest absolute Gasteiger partial charge is 0.469 e. The molecule has 7 heteroatoms. The molecule has 0 saturated carbocycles. The molecule has 0 bridgehead atoms. The summed E-state index contributed by atoms with van der Waals surface area (Å²) in [5.41, 5.74) is 8.01. The Labute approximate surface area is 176 Å². The highest BCUT2D eigenvalue weighted by molar-refractivity contribution is 7.98. The van der Waals surface area contributed by atoms with Crippen molar-refractivity contribution in [3.63, 3.8) is 0 Å². The number of nitrogens with two attached hydrogens (primary N) is 1. The molecule has 2 aromatic rings. The Kier molecular flexibility index (Phi) is 10.1. The number of carbonyl (C=O) groups excluding carboxylic acids is 2. The molecule has 0 fully saturated rings. The van der Waals surface area contributed by atoms with E-state index < -0.39 is 18.0 Å². The van der Waals surface area contributed by atoms with E-state index in [1.54, 1.807) is 18.7 Å². The lowest BCUT2D eigenvalue weighted by atomic mass is 9.93. The Balaban J connectivity index is 0.00000392. The van der Waals surface area contributed by atoms with Crippen molar-refractivity contribution in [3.8, 4) is 0 Å². The topological polar surface area (TPSA) is 81.4 Å². The van der Waals surface area contributed by atoms with Crippen LogP contribution >= 0.6 is 24.2 Å². The van der Waals surface area contributed by atoms with Gasteiger partial charge in [-0.1, -0.05) is 49.4 Å². The van der Waals surface area contributed by atoms with Crippen LogP contribution in [0.15, 0.2) is 59.5 Å². The van der Waals surface area contributed by atoms with E-state index in [-0.39, 0.29) is 30.7 Å². The number of methoxy groups -OCH3 is 1. The molecule has 3 N–H and O–H groups in total. The van der Waals surface area contributed by atoms with E-state index in [0.29, 0.717) is 0 Å². The number of hydrogen-bond acceptors (Lipinski definition) is 5. The van der Waals surface area contributed by atoms with Gasteiger partial charge in [0, 0.05) is 10.9 Å². The monoisotopic (exact) mass is 422 g/mol. The lowest BCUT2D eigenvalue weighted by Gasteiger charge is -2.24. The van der Waals surface area contributed by atoms with E-state index in [4.69, 9.17) is 10.5 Å². The SMILES string of the molecule is COC(=O)CC(NC(=O)C(C)C(N)c1ccccc1)c1ccc(SC)cc1.Cl. The molecule has 2 aromatic carbocycles. The molecular weight excluding hydrogens is 396 g/mol. The Morgan fingerprint density at radius 1 is 1.07 bits per heavy atom. The second kappa shape index (κ2) is 11.7. The normalized spacial score (nSPS) is 13.6. The minimum absolute atomic E-state index is 0. The number of rotatable bonds is 8. The highest BCUT2D eigenvalue weighted by atomic mass is 35.5. The fraction of sp³-hybridized carbons (Fsp3) is 0.333. The van der Waals surface area contributed by atoms with Crippen molar-refractivity contribution < 1.29 is 14.3 Å². The van der Waals surface area contributed by atoms with Crippen LogP contribution in [0.1, 0.15) is 36.6 Å². The zero-order valence-electron chi connectivity index (χ0n) is 16.3. The Bertz CT molecular complexity index is 756. The molecule has 0 spiro atoms. The first-order chi connectivity index (χ1) is 13.0. The van der Waals surface area contributed by atoms with Crippen LogP contribution in [0.4, 0.5) is 0 Å². The van der Waals surface area contributed by atoms with Gasteiger partial charge in [-0.15, -0.1) is 24.2 Å². The van der Waals surface area contributed by atoms with E-state index >= 15 is 0 Å². The maximum atomic E-state index is 12.8. The molecule has 28 heavy (non-hydrogen) atoms. The second-order valence-electron chi connectivity index (χ2n) is 6.34. The third kappa shape index (κ3) is 6.55. The molecule has 0 aromatic heterocycles. The van der Waals surface area contributed by atoms with Crippen LogP contribution in [0.5, 0.6) is 0 Å². The predicted octanol–water partition coefficient (Wildman–Crippen LogP) is 3.89. The summed E-state index contributed by atoms with van der Waals surface area (Å²) < 4.78 is 4.79. The maximum Gasteiger partial charge on any atom is 0.307 e. The van der Waals surface area contributed by atoms with Gasteiger partial charge in [-0.2, -0.15) is 0 Å². The quantitative estimate of drug-likeness (QED) is 0.498. The predicted molar refractivity (Wildman–Crippen MR) is 116 cm³/mol. The second-order valence-corrected chi connectivity index (χ2v) is 7.22. The van der Waals surface area contributed by atoms with E-state index in [0.717, 1.165) is 16.0 Å². The number of esters is 1. The summed E-state index contributed by atoms with van der Waals surface area (Å²) in [5.74, 6) is -1.03. The number of nitrogens with one attached hydrogen (secondary N) is 1. The average molecular weight is 423 g/mol. The number of carbonyl (C=O) groups is 2. The van der Waals surface area contributed by atoms with Gasteiger partial charge >= 0.3 is 5.97 Å². The van der Waals surface area contributed by atoms with Gasteiger partial charge in [-0.25, -0.2) is 0 Å². The van der Waals surface area contributed by atoms with Gasteiger partial charge in [0.25, 0.3) is 0 Å². The number of halogens is 1. The molecule has 1 amide bonds. The number of hydrogen-bond donors (Lipinski definition) is 2. The van der Waals surface area contributed by atoms with Crippen LogP contribution in [0.2, 0.25) is 0 Å². The van der Waals surface area contributed by atoms with Crippen molar-refractivity contribution in [2.75, 3.05) is 13.4 Å². The first kappa shape index (κ1) is 24.0. The van der Waals surface area contributed by atoms with Crippen LogP contribution in [-0.2, 0) is 14.3 Å². The summed E-state index contributed by atoms with van der Waals surface area (Å²) in [7, 11) is 1.34. The summed E-state index contributed by atoms with van der Waals surface area (Å²) in [5, 5.41) is 2.96. The van der Waals surface area contributed by atoms with Crippen LogP contribution in [-0.4, -0.2) is 25.2 Å². The molecule has 0 saturated heterocycles. The molecule has 0 heterocycles. The molecule has 0 radical (unpaired) electrons. The summed E-state index contributed by atoms with van der Waals surface area (Å²) >= 11 is 1.63. The molecular formula is C21H27ClN2O3S. The lowest BCUT2D eigenvalue weighted by molar-refractivity contribution is -0.141. The van der Waals surface area contributed by atoms with Crippen molar-refractivity contribution >= 4 is 36.0 Å². The average Bonchev–Trinajstić information content (AvgIpc) is 2.72. The maximum absolute atomic E-state index is 12.8. The van der Waals surface area contributed by atoms with E-state index in [9.17, 15) is 9.59 Å². The van der Waals surface area contributed by atoms with Gasteiger partial charge < -0.3 is 15.8 Å². The van der Waals surface area contributed by atoms with E-state index in [1.165, 1.54) is 7.11 Å². The van der Waals surface area contributed by atoms with E-state index in [1.807, 2.05) is 60.9 Å². The van der Waals surface area contributed by atoms with Crippen molar-refractivity contribution in [1.29, 1.82) is 0 Å². The highest BCUT2D eigenvalue weighted by Crippen LogP contribution is 2.24.